The fraction of sp³-hybridized carbons (Fsp3) is 0.533. The highest BCUT2D eigenvalue weighted by Gasteiger charge is 2.39. The average Bonchev–Trinajstić information content (AvgIpc) is 2.44. The van der Waals surface area contributed by atoms with E-state index in [0.29, 0.717) is 13.0 Å². The third-order valence-corrected chi connectivity index (χ3v) is 3.76. The maximum Gasteiger partial charge on any atom is 0.410 e. The van der Waals surface area contributed by atoms with Crippen LogP contribution in [-0.4, -0.2) is 47.9 Å². The van der Waals surface area contributed by atoms with E-state index in [2.05, 4.69) is 5.32 Å². The van der Waals surface area contributed by atoms with Gasteiger partial charge < -0.3 is 20.1 Å². The number of piperidine rings is 1. The van der Waals surface area contributed by atoms with E-state index in [9.17, 15) is 9.90 Å². The number of likely N-dealkylation sites (tertiary alicyclic amines) is 1. The van der Waals surface area contributed by atoms with Gasteiger partial charge in [-0.1, -0.05) is 30.3 Å². The molecule has 20 heavy (non-hydrogen) atoms. The van der Waals surface area contributed by atoms with Crippen LogP contribution in [0.25, 0.3) is 0 Å². The van der Waals surface area contributed by atoms with Gasteiger partial charge >= 0.3 is 6.09 Å². The van der Waals surface area contributed by atoms with Crippen molar-refractivity contribution in [3.8, 4) is 0 Å². The Morgan fingerprint density at radius 3 is 2.80 bits per heavy atom. The lowest BCUT2D eigenvalue weighted by atomic mass is 9.89. The maximum absolute atomic E-state index is 12.0. The lowest BCUT2D eigenvalue weighted by molar-refractivity contribution is -0.0398. The number of aliphatic hydroxyl groups is 1. The molecule has 1 heterocycles. The third kappa shape index (κ3) is 3.49. The van der Waals surface area contributed by atoms with Crippen molar-refractivity contribution in [2.24, 2.45) is 0 Å². The molecule has 1 aromatic rings. The van der Waals surface area contributed by atoms with Crippen molar-refractivity contribution in [2.75, 3.05) is 20.1 Å². The lowest BCUT2D eigenvalue weighted by Gasteiger charge is -2.42. The fourth-order valence-electron chi connectivity index (χ4n) is 2.59. The largest absolute Gasteiger partial charge is 0.445 e. The molecule has 1 aliphatic rings. The fourth-order valence-corrected chi connectivity index (χ4v) is 2.59. The van der Waals surface area contributed by atoms with E-state index in [1.807, 2.05) is 37.4 Å². The first kappa shape index (κ1) is 14.8. The van der Waals surface area contributed by atoms with Gasteiger partial charge in [0.15, 0.2) is 0 Å². The third-order valence-electron chi connectivity index (χ3n) is 3.76. The smallest absolute Gasteiger partial charge is 0.410 e. The maximum atomic E-state index is 12.0. The first-order chi connectivity index (χ1) is 9.53. The Labute approximate surface area is 119 Å². The summed E-state index contributed by atoms with van der Waals surface area (Å²) in [5.41, 5.74) is 0.0244. The molecule has 110 valence electrons. The minimum atomic E-state index is -0.932. The van der Waals surface area contributed by atoms with Crippen LogP contribution in [0, 0.1) is 0 Å². The summed E-state index contributed by atoms with van der Waals surface area (Å²) in [6, 6.07) is 9.57. The number of hydrogen-bond donors (Lipinski definition) is 2. The number of ether oxygens (including phenoxy) is 1. The van der Waals surface area contributed by atoms with Crippen LogP contribution in [0.1, 0.15) is 18.9 Å². The molecule has 1 amide bonds. The molecule has 1 aromatic carbocycles. The van der Waals surface area contributed by atoms with Crippen LogP contribution in [0.15, 0.2) is 30.3 Å². The van der Waals surface area contributed by atoms with Gasteiger partial charge in [-0.15, -0.1) is 0 Å². The van der Waals surface area contributed by atoms with Crippen molar-refractivity contribution in [1.82, 2.24) is 10.2 Å². The predicted molar refractivity (Wildman–Crippen MR) is 76.3 cm³/mol. The van der Waals surface area contributed by atoms with E-state index >= 15 is 0 Å². The number of hydrogen-bond acceptors (Lipinski definition) is 4. The molecule has 2 rings (SSSR count). The number of nitrogens with zero attached hydrogens (tertiary/aromatic N) is 1. The van der Waals surface area contributed by atoms with Gasteiger partial charge in [-0.2, -0.15) is 0 Å². The summed E-state index contributed by atoms with van der Waals surface area (Å²) in [6.07, 6.45) is 0.341. The minimum absolute atomic E-state index is 0.000623. The predicted octanol–water partition coefficient (Wildman–Crippen LogP) is 1.37. The van der Waals surface area contributed by atoms with Crippen molar-refractivity contribution in [3.05, 3.63) is 35.9 Å². The van der Waals surface area contributed by atoms with Crippen LogP contribution >= 0.6 is 0 Å². The minimum Gasteiger partial charge on any atom is -0.445 e. The molecule has 5 nitrogen and oxygen atoms in total. The molecule has 0 unspecified atom stereocenters. The van der Waals surface area contributed by atoms with Crippen LogP contribution < -0.4 is 5.32 Å². The molecular weight excluding hydrogens is 256 g/mol. The summed E-state index contributed by atoms with van der Waals surface area (Å²) in [5.74, 6) is 0. The SMILES string of the molecule is CN[C@@H]1CCN(C(=O)OCc2ccccc2)C[C@@]1(C)O. The molecule has 0 radical (unpaired) electrons. The Morgan fingerprint density at radius 1 is 1.50 bits per heavy atom. The molecule has 5 heteroatoms. The second-order valence-corrected chi connectivity index (χ2v) is 5.45. The topological polar surface area (TPSA) is 61.8 Å². The summed E-state index contributed by atoms with van der Waals surface area (Å²) in [4.78, 5) is 13.6. The monoisotopic (exact) mass is 278 g/mol. The summed E-state index contributed by atoms with van der Waals surface area (Å²) >= 11 is 0. The van der Waals surface area contributed by atoms with Crippen molar-refractivity contribution < 1.29 is 14.6 Å². The molecule has 1 saturated heterocycles. The standard InChI is InChI=1S/C15H22N2O3/c1-15(19)11-17(9-8-13(15)16-2)14(18)20-10-12-6-4-3-5-7-12/h3-7,13,16,19H,8-11H2,1-2H3/t13-,15-/m1/s1. The normalized spacial score (nSPS) is 26.4. The second-order valence-electron chi connectivity index (χ2n) is 5.45. The van der Waals surface area contributed by atoms with Crippen LogP contribution in [0.5, 0.6) is 0 Å². The zero-order valence-electron chi connectivity index (χ0n) is 12.0. The van der Waals surface area contributed by atoms with Crippen LogP contribution in [0.3, 0.4) is 0 Å². The average molecular weight is 278 g/mol. The van der Waals surface area contributed by atoms with Crippen molar-refractivity contribution in [2.45, 2.75) is 31.6 Å². The first-order valence-electron chi connectivity index (χ1n) is 6.88. The second kappa shape index (κ2) is 6.24. The Hall–Kier alpha value is -1.59. The number of carbonyl (C=O) groups is 1. The van der Waals surface area contributed by atoms with Gasteiger partial charge in [0.25, 0.3) is 0 Å². The number of rotatable bonds is 3. The molecule has 2 atom stereocenters. The van der Waals surface area contributed by atoms with Crippen molar-refractivity contribution in [1.29, 1.82) is 0 Å². The van der Waals surface area contributed by atoms with Gasteiger partial charge in [-0.05, 0) is 26.0 Å². The number of β-amino-alcohol motifs (C(OH)–C–C–N with tert-alkyl or cyclic N) is 1. The van der Waals surface area contributed by atoms with Crippen molar-refractivity contribution >= 4 is 6.09 Å². The molecule has 0 spiro atoms. The first-order valence-corrected chi connectivity index (χ1v) is 6.88. The molecule has 2 N–H and O–H groups in total. The summed E-state index contributed by atoms with van der Waals surface area (Å²) < 4.78 is 5.29. The quantitative estimate of drug-likeness (QED) is 0.876. The molecule has 0 aliphatic carbocycles. The number of amides is 1. The van der Waals surface area contributed by atoms with Crippen LogP contribution in [0.4, 0.5) is 4.79 Å². The number of likely N-dealkylation sites (N-methyl/N-ethyl adjacent to an activating group) is 1. The molecule has 0 bridgehead atoms. The molecule has 0 aromatic heterocycles. The Balaban J connectivity index is 1.87. The zero-order valence-corrected chi connectivity index (χ0v) is 12.0. The molecule has 1 aliphatic heterocycles. The Kier molecular flexibility index (Phi) is 4.62. The summed E-state index contributed by atoms with van der Waals surface area (Å²) in [7, 11) is 1.82. The number of nitrogens with one attached hydrogen (secondary N) is 1. The Bertz CT molecular complexity index is 448. The molecule has 1 fully saturated rings. The Morgan fingerprint density at radius 2 is 2.20 bits per heavy atom. The van der Waals surface area contributed by atoms with Gasteiger partial charge in [-0.25, -0.2) is 4.79 Å². The number of benzene rings is 1. The van der Waals surface area contributed by atoms with Gasteiger partial charge in [-0.3, -0.25) is 0 Å². The van der Waals surface area contributed by atoms with E-state index in [1.165, 1.54) is 0 Å². The van der Waals surface area contributed by atoms with Gasteiger partial charge in [0.05, 0.1) is 12.1 Å². The van der Waals surface area contributed by atoms with Gasteiger partial charge in [0, 0.05) is 12.6 Å². The van der Waals surface area contributed by atoms with Crippen LogP contribution in [-0.2, 0) is 11.3 Å². The zero-order chi connectivity index (χ0) is 14.6. The van der Waals surface area contributed by atoms with E-state index in [1.54, 1.807) is 11.8 Å². The molecular formula is C15H22N2O3. The van der Waals surface area contributed by atoms with Crippen LogP contribution in [0.2, 0.25) is 0 Å². The highest BCUT2D eigenvalue weighted by molar-refractivity contribution is 5.68. The van der Waals surface area contributed by atoms with E-state index in [-0.39, 0.29) is 25.3 Å². The lowest BCUT2D eigenvalue weighted by Crippen LogP contribution is -2.60. The molecule has 0 saturated carbocycles. The van der Waals surface area contributed by atoms with E-state index in [0.717, 1.165) is 5.56 Å². The van der Waals surface area contributed by atoms with E-state index < -0.39 is 5.60 Å². The highest BCUT2D eigenvalue weighted by Crippen LogP contribution is 2.21. The van der Waals surface area contributed by atoms with Gasteiger partial charge in [0.2, 0.25) is 0 Å². The summed E-state index contributed by atoms with van der Waals surface area (Å²) in [5, 5.41) is 13.4. The summed E-state index contributed by atoms with van der Waals surface area (Å²) in [6.45, 7) is 2.87. The number of carbonyl (C=O) groups excluding carboxylic acids is 1. The highest BCUT2D eigenvalue weighted by atomic mass is 16.6. The van der Waals surface area contributed by atoms with Crippen molar-refractivity contribution in [3.63, 3.8) is 0 Å². The van der Waals surface area contributed by atoms with Gasteiger partial charge in [0.1, 0.15) is 6.61 Å². The van der Waals surface area contributed by atoms with E-state index in [4.69, 9.17) is 4.74 Å².